The van der Waals surface area contributed by atoms with Crippen molar-refractivity contribution in [1.82, 2.24) is 9.71 Å². The van der Waals surface area contributed by atoms with Gasteiger partial charge in [0.1, 0.15) is 5.52 Å². The summed E-state index contributed by atoms with van der Waals surface area (Å²) in [5.41, 5.74) is 4.11. The molecular weight excluding hydrogens is 300 g/mol. The first-order valence-electron chi connectivity index (χ1n) is 6.87. The van der Waals surface area contributed by atoms with E-state index in [9.17, 15) is 8.42 Å². The first kappa shape index (κ1) is 14.7. The smallest absolute Gasteiger partial charge is 0.216 e. The van der Waals surface area contributed by atoms with Gasteiger partial charge >= 0.3 is 0 Å². The molecular formula is C16H16N2O3S. The SMILES string of the molecule is Cc1ccc(CS(=O)(=O)NCc2ccc3ncoc3c2)cc1. The summed E-state index contributed by atoms with van der Waals surface area (Å²) in [5.74, 6) is -0.0299. The third kappa shape index (κ3) is 3.52. The number of sulfonamides is 1. The van der Waals surface area contributed by atoms with Crippen LogP contribution in [0.4, 0.5) is 0 Å². The summed E-state index contributed by atoms with van der Waals surface area (Å²) in [5, 5.41) is 0. The molecule has 1 N–H and O–H groups in total. The van der Waals surface area contributed by atoms with Gasteiger partial charge in [-0.05, 0) is 30.2 Å². The monoisotopic (exact) mass is 316 g/mol. The van der Waals surface area contributed by atoms with Crippen LogP contribution >= 0.6 is 0 Å². The van der Waals surface area contributed by atoms with Crippen molar-refractivity contribution in [3.63, 3.8) is 0 Å². The Morgan fingerprint density at radius 2 is 1.82 bits per heavy atom. The zero-order valence-corrected chi connectivity index (χ0v) is 12.9. The van der Waals surface area contributed by atoms with Crippen LogP contribution in [0.1, 0.15) is 16.7 Å². The highest BCUT2D eigenvalue weighted by molar-refractivity contribution is 7.88. The molecule has 5 nitrogen and oxygen atoms in total. The molecule has 0 fully saturated rings. The number of rotatable bonds is 5. The second-order valence-electron chi connectivity index (χ2n) is 5.22. The van der Waals surface area contributed by atoms with E-state index >= 15 is 0 Å². The molecule has 0 aliphatic rings. The van der Waals surface area contributed by atoms with Gasteiger partial charge in [0.15, 0.2) is 12.0 Å². The van der Waals surface area contributed by atoms with Crippen molar-refractivity contribution < 1.29 is 12.8 Å². The lowest BCUT2D eigenvalue weighted by atomic mass is 10.2. The number of nitrogens with zero attached hydrogens (tertiary/aromatic N) is 1. The maximum absolute atomic E-state index is 12.1. The molecule has 1 heterocycles. The molecule has 2 aromatic carbocycles. The highest BCUT2D eigenvalue weighted by Gasteiger charge is 2.11. The summed E-state index contributed by atoms with van der Waals surface area (Å²) >= 11 is 0. The molecule has 0 bridgehead atoms. The molecule has 3 rings (SSSR count). The molecule has 0 spiro atoms. The van der Waals surface area contributed by atoms with Crippen molar-refractivity contribution in [2.24, 2.45) is 0 Å². The number of aryl methyl sites for hydroxylation is 1. The van der Waals surface area contributed by atoms with Crippen LogP contribution in [0.3, 0.4) is 0 Å². The number of aromatic nitrogens is 1. The van der Waals surface area contributed by atoms with Gasteiger partial charge in [-0.1, -0.05) is 35.9 Å². The van der Waals surface area contributed by atoms with Gasteiger partial charge < -0.3 is 4.42 Å². The van der Waals surface area contributed by atoms with Crippen molar-refractivity contribution >= 4 is 21.1 Å². The van der Waals surface area contributed by atoms with Gasteiger partial charge in [0, 0.05) is 6.54 Å². The number of oxazole rings is 1. The van der Waals surface area contributed by atoms with Crippen LogP contribution in [-0.4, -0.2) is 13.4 Å². The molecule has 3 aromatic rings. The molecule has 0 aliphatic carbocycles. The second-order valence-corrected chi connectivity index (χ2v) is 7.03. The van der Waals surface area contributed by atoms with E-state index in [0.717, 1.165) is 22.2 Å². The maximum atomic E-state index is 12.1. The Morgan fingerprint density at radius 3 is 2.59 bits per heavy atom. The van der Waals surface area contributed by atoms with Crippen LogP contribution in [0.5, 0.6) is 0 Å². The van der Waals surface area contributed by atoms with Crippen molar-refractivity contribution in [2.45, 2.75) is 19.2 Å². The minimum atomic E-state index is -3.38. The number of hydrogen-bond acceptors (Lipinski definition) is 4. The standard InChI is InChI=1S/C16H16N2O3S/c1-12-2-4-13(5-3-12)10-22(19,20)18-9-14-6-7-15-16(8-14)21-11-17-15/h2-8,11,18H,9-10H2,1H3. The fourth-order valence-corrected chi connectivity index (χ4v) is 3.28. The van der Waals surface area contributed by atoms with Gasteiger partial charge in [0.05, 0.1) is 5.75 Å². The van der Waals surface area contributed by atoms with E-state index < -0.39 is 10.0 Å². The van der Waals surface area contributed by atoms with Gasteiger partial charge in [-0.25, -0.2) is 18.1 Å². The Hall–Kier alpha value is -2.18. The molecule has 0 atom stereocenters. The molecule has 6 heteroatoms. The van der Waals surface area contributed by atoms with Gasteiger partial charge in [-0.15, -0.1) is 0 Å². The van der Waals surface area contributed by atoms with E-state index in [-0.39, 0.29) is 12.3 Å². The molecule has 0 amide bonds. The summed E-state index contributed by atoms with van der Waals surface area (Å²) in [7, 11) is -3.38. The average molecular weight is 316 g/mol. The Bertz CT molecular complexity index is 883. The fraction of sp³-hybridized carbons (Fsp3) is 0.188. The summed E-state index contributed by atoms with van der Waals surface area (Å²) in [6, 6.07) is 12.9. The van der Waals surface area contributed by atoms with E-state index in [0.29, 0.717) is 5.58 Å². The molecule has 0 saturated heterocycles. The van der Waals surface area contributed by atoms with E-state index in [1.54, 1.807) is 6.07 Å². The van der Waals surface area contributed by atoms with E-state index in [1.807, 2.05) is 43.3 Å². The van der Waals surface area contributed by atoms with Gasteiger partial charge in [-0.2, -0.15) is 0 Å². The summed E-state index contributed by atoms with van der Waals surface area (Å²) in [6.07, 6.45) is 1.37. The zero-order chi connectivity index (χ0) is 15.6. The Labute approximate surface area is 129 Å². The van der Waals surface area contributed by atoms with Crippen molar-refractivity contribution in [2.75, 3.05) is 0 Å². The van der Waals surface area contributed by atoms with Crippen LogP contribution in [0, 0.1) is 6.92 Å². The van der Waals surface area contributed by atoms with Gasteiger partial charge in [-0.3, -0.25) is 0 Å². The maximum Gasteiger partial charge on any atom is 0.216 e. The average Bonchev–Trinajstić information content (AvgIpc) is 2.95. The molecule has 0 radical (unpaired) electrons. The van der Waals surface area contributed by atoms with E-state index in [2.05, 4.69) is 9.71 Å². The lowest BCUT2D eigenvalue weighted by Gasteiger charge is -2.07. The number of hydrogen-bond donors (Lipinski definition) is 1. The minimum Gasteiger partial charge on any atom is -0.443 e. The summed E-state index contributed by atoms with van der Waals surface area (Å²) in [4.78, 5) is 4.03. The van der Waals surface area contributed by atoms with Gasteiger partial charge in [0.2, 0.25) is 10.0 Å². The Kier molecular flexibility index (Phi) is 3.96. The third-order valence-electron chi connectivity index (χ3n) is 3.37. The summed E-state index contributed by atoms with van der Waals surface area (Å²) in [6.45, 7) is 2.20. The zero-order valence-electron chi connectivity index (χ0n) is 12.1. The van der Waals surface area contributed by atoms with Crippen LogP contribution < -0.4 is 4.72 Å². The predicted molar refractivity (Wildman–Crippen MR) is 84.7 cm³/mol. The molecule has 1 aromatic heterocycles. The number of nitrogens with one attached hydrogen (secondary N) is 1. The van der Waals surface area contributed by atoms with Crippen LogP contribution in [0.2, 0.25) is 0 Å². The normalized spacial score (nSPS) is 11.9. The Balaban J connectivity index is 1.67. The fourth-order valence-electron chi connectivity index (χ4n) is 2.16. The number of benzene rings is 2. The van der Waals surface area contributed by atoms with Gasteiger partial charge in [0.25, 0.3) is 0 Å². The summed E-state index contributed by atoms with van der Waals surface area (Å²) < 4.78 is 32.1. The van der Waals surface area contributed by atoms with Crippen LogP contribution in [0.25, 0.3) is 11.1 Å². The minimum absolute atomic E-state index is 0.0299. The predicted octanol–water partition coefficient (Wildman–Crippen LogP) is 2.76. The lowest BCUT2D eigenvalue weighted by molar-refractivity contribution is 0.580. The van der Waals surface area contributed by atoms with E-state index in [1.165, 1.54) is 6.39 Å². The van der Waals surface area contributed by atoms with E-state index in [4.69, 9.17) is 4.42 Å². The largest absolute Gasteiger partial charge is 0.443 e. The highest BCUT2D eigenvalue weighted by atomic mass is 32.2. The molecule has 0 unspecified atom stereocenters. The number of fused-ring (bicyclic) bond motifs is 1. The molecule has 114 valence electrons. The van der Waals surface area contributed by atoms with Crippen molar-refractivity contribution in [1.29, 1.82) is 0 Å². The Morgan fingerprint density at radius 1 is 1.09 bits per heavy atom. The quantitative estimate of drug-likeness (QED) is 0.785. The van der Waals surface area contributed by atoms with Crippen LogP contribution in [-0.2, 0) is 22.3 Å². The first-order chi connectivity index (χ1) is 10.5. The van der Waals surface area contributed by atoms with Crippen LogP contribution in [0.15, 0.2) is 53.3 Å². The third-order valence-corrected chi connectivity index (χ3v) is 4.67. The van der Waals surface area contributed by atoms with Crippen molar-refractivity contribution in [3.8, 4) is 0 Å². The van der Waals surface area contributed by atoms with Crippen molar-refractivity contribution in [3.05, 3.63) is 65.5 Å². The first-order valence-corrected chi connectivity index (χ1v) is 8.52. The molecule has 22 heavy (non-hydrogen) atoms. The topological polar surface area (TPSA) is 72.2 Å². The molecule has 0 saturated carbocycles. The molecule has 0 aliphatic heterocycles. The highest BCUT2D eigenvalue weighted by Crippen LogP contribution is 2.14. The second kappa shape index (κ2) is 5.90. The lowest BCUT2D eigenvalue weighted by Crippen LogP contribution is -2.24.